The topological polar surface area (TPSA) is 43.8 Å². The van der Waals surface area contributed by atoms with E-state index in [0.717, 1.165) is 32.1 Å². The number of hydrogen-bond acceptors (Lipinski definition) is 3. The van der Waals surface area contributed by atoms with Crippen molar-refractivity contribution in [2.75, 3.05) is 19.6 Å². The molecule has 22 heavy (non-hydrogen) atoms. The van der Waals surface area contributed by atoms with E-state index >= 15 is 0 Å². The zero-order valence-corrected chi connectivity index (χ0v) is 13.0. The molecular formula is C15H25F3N2O2. The molecule has 2 atom stereocenters. The summed E-state index contributed by atoms with van der Waals surface area (Å²) in [5.74, 6) is 0.0680. The van der Waals surface area contributed by atoms with Crippen LogP contribution in [-0.2, 0) is 4.79 Å². The molecule has 128 valence electrons. The molecule has 1 saturated carbocycles. The van der Waals surface area contributed by atoms with Gasteiger partial charge in [-0.05, 0) is 45.1 Å². The molecule has 7 heteroatoms. The van der Waals surface area contributed by atoms with E-state index in [1.807, 2.05) is 4.90 Å². The first-order chi connectivity index (χ1) is 10.3. The zero-order valence-electron chi connectivity index (χ0n) is 13.0. The van der Waals surface area contributed by atoms with Crippen molar-refractivity contribution in [1.82, 2.24) is 9.80 Å². The number of carbonyl (C=O) groups is 1. The number of amides is 1. The molecular weight excluding hydrogens is 297 g/mol. The molecule has 0 bridgehead atoms. The average Bonchev–Trinajstić information content (AvgIpc) is 2.57. The van der Waals surface area contributed by atoms with Gasteiger partial charge in [-0.25, -0.2) is 0 Å². The second kappa shape index (κ2) is 7.17. The van der Waals surface area contributed by atoms with Crippen molar-refractivity contribution in [1.29, 1.82) is 0 Å². The van der Waals surface area contributed by atoms with Crippen LogP contribution in [0.2, 0.25) is 0 Å². The third-order valence-electron chi connectivity index (χ3n) is 4.82. The summed E-state index contributed by atoms with van der Waals surface area (Å²) in [5.41, 5.74) is 0. The van der Waals surface area contributed by atoms with Crippen molar-refractivity contribution in [2.45, 2.75) is 69.8 Å². The summed E-state index contributed by atoms with van der Waals surface area (Å²) in [6.07, 6.45) is -1.38. The first kappa shape index (κ1) is 17.5. The minimum atomic E-state index is -4.57. The molecule has 2 aliphatic rings. The maximum Gasteiger partial charge on any atom is 0.415 e. The van der Waals surface area contributed by atoms with Gasteiger partial charge in [-0.3, -0.25) is 4.79 Å². The van der Waals surface area contributed by atoms with Gasteiger partial charge in [0.25, 0.3) is 0 Å². The Kier molecular flexibility index (Phi) is 5.71. The number of likely N-dealkylation sites (tertiary alicyclic amines) is 1. The molecule has 0 radical (unpaired) electrons. The summed E-state index contributed by atoms with van der Waals surface area (Å²) in [6.45, 7) is 2.24. The van der Waals surface area contributed by atoms with Gasteiger partial charge in [-0.2, -0.15) is 13.2 Å². The number of aliphatic hydroxyl groups excluding tert-OH is 1. The van der Waals surface area contributed by atoms with Crippen LogP contribution in [-0.4, -0.2) is 64.8 Å². The molecule has 1 aliphatic carbocycles. The Morgan fingerprint density at radius 3 is 2.27 bits per heavy atom. The first-order valence-electron chi connectivity index (χ1n) is 8.05. The zero-order chi connectivity index (χ0) is 16.3. The molecule has 0 aromatic heterocycles. The van der Waals surface area contributed by atoms with Gasteiger partial charge in [0.15, 0.2) is 6.10 Å². The Labute approximate surface area is 129 Å². The van der Waals surface area contributed by atoms with Crippen molar-refractivity contribution in [2.24, 2.45) is 0 Å². The van der Waals surface area contributed by atoms with Gasteiger partial charge in [0, 0.05) is 32.1 Å². The number of halogens is 3. The monoisotopic (exact) mass is 322 g/mol. The van der Waals surface area contributed by atoms with Crippen LogP contribution >= 0.6 is 0 Å². The molecule has 0 aromatic rings. The summed E-state index contributed by atoms with van der Waals surface area (Å²) >= 11 is 0. The van der Waals surface area contributed by atoms with Crippen molar-refractivity contribution in [3.63, 3.8) is 0 Å². The van der Waals surface area contributed by atoms with E-state index in [1.54, 1.807) is 11.8 Å². The summed E-state index contributed by atoms with van der Waals surface area (Å²) in [6, 6.07) is 0.436. The van der Waals surface area contributed by atoms with E-state index < -0.39 is 12.3 Å². The quantitative estimate of drug-likeness (QED) is 0.863. The van der Waals surface area contributed by atoms with Crippen LogP contribution in [0.5, 0.6) is 0 Å². The lowest BCUT2D eigenvalue weighted by Gasteiger charge is -2.42. The fourth-order valence-corrected chi connectivity index (χ4v) is 3.42. The Hall–Kier alpha value is -0.820. The molecule has 2 fully saturated rings. The van der Waals surface area contributed by atoms with Gasteiger partial charge in [-0.15, -0.1) is 0 Å². The molecule has 4 nitrogen and oxygen atoms in total. The molecule has 2 unspecified atom stereocenters. The number of hydrogen-bond donors (Lipinski definition) is 1. The lowest BCUT2D eigenvalue weighted by atomic mass is 9.89. The van der Waals surface area contributed by atoms with Gasteiger partial charge in [0.2, 0.25) is 5.91 Å². The van der Waals surface area contributed by atoms with Crippen LogP contribution in [0.1, 0.15) is 45.4 Å². The normalized spacial score (nSPS) is 26.1. The van der Waals surface area contributed by atoms with E-state index in [2.05, 4.69) is 0 Å². The van der Waals surface area contributed by atoms with Gasteiger partial charge in [-0.1, -0.05) is 0 Å². The third kappa shape index (κ3) is 4.35. The highest BCUT2D eigenvalue weighted by molar-refractivity contribution is 5.74. The van der Waals surface area contributed by atoms with Crippen LogP contribution in [0.4, 0.5) is 13.2 Å². The number of β-amino-alcohol motifs (C(OH)–C–C–N with tert-alkyl or cyclic N) is 1. The lowest BCUT2D eigenvalue weighted by molar-refractivity contribution is -0.208. The molecule has 2 rings (SSSR count). The summed E-state index contributed by atoms with van der Waals surface area (Å²) in [4.78, 5) is 15.5. The molecule has 1 aliphatic heterocycles. The summed E-state index contributed by atoms with van der Waals surface area (Å²) < 4.78 is 37.3. The van der Waals surface area contributed by atoms with Crippen molar-refractivity contribution in [3.05, 3.63) is 0 Å². The molecule has 0 spiro atoms. The highest BCUT2D eigenvalue weighted by Crippen LogP contribution is 2.30. The van der Waals surface area contributed by atoms with Gasteiger partial charge in [0.05, 0.1) is 0 Å². The van der Waals surface area contributed by atoms with E-state index in [4.69, 9.17) is 0 Å². The van der Waals surface area contributed by atoms with E-state index in [9.17, 15) is 23.1 Å². The van der Waals surface area contributed by atoms with Crippen LogP contribution in [0.3, 0.4) is 0 Å². The largest absolute Gasteiger partial charge is 0.415 e. The Balaban J connectivity index is 1.90. The predicted octanol–water partition coefficient (Wildman–Crippen LogP) is 2.17. The second-order valence-corrected chi connectivity index (χ2v) is 6.45. The molecule has 1 amide bonds. The smallest absolute Gasteiger partial charge is 0.382 e. The van der Waals surface area contributed by atoms with Crippen molar-refractivity contribution < 1.29 is 23.1 Å². The Morgan fingerprint density at radius 1 is 1.18 bits per heavy atom. The van der Waals surface area contributed by atoms with Crippen molar-refractivity contribution in [3.8, 4) is 0 Å². The molecule has 1 saturated heterocycles. The lowest BCUT2D eigenvalue weighted by Crippen LogP contribution is -2.49. The van der Waals surface area contributed by atoms with Gasteiger partial charge in [0.1, 0.15) is 0 Å². The fourth-order valence-electron chi connectivity index (χ4n) is 3.42. The van der Waals surface area contributed by atoms with Crippen LogP contribution < -0.4 is 0 Å². The number of nitrogens with zero attached hydrogens (tertiary/aromatic N) is 2. The highest BCUT2D eigenvalue weighted by Gasteiger charge is 2.40. The highest BCUT2D eigenvalue weighted by atomic mass is 19.4. The molecule has 1 N–H and O–H groups in total. The average molecular weight is 322 g/mol. The second-order valence-electron chi connectivity index (χ2n) is 6.45. The number of aliphatic hydroxyl groups is 1. The van der Waals surface area contributed by atoms with E-state index in [-0.39, 0.29) is 18.5 Å². The fraction of sp³-hybridized carbons (Fsp3) is 0.933. The number of alkyl halides is 3. The maximum absolute atomic E-state index is 12.4. The standard InChI is InChI=1S/C15H25F3N2O2/c1-11(21)20(12-4-2-5-12)13-6-3-8-19(9-7-13)10-14(22)15(16,17)18/h12-14,22H,2-10H2,1H3. The summed E-state index contributed by atoms with van der Waals surface area (Å²) in [7, 11) is 0. The molecule has 0 aromatic carbocycles. The predicted molar refractivity (Wildman–Crippen MR) is 76.3 cm³/mol. The number of rotatable bonds is 4. The van der Waals surface area contributed by atoms with Crippen LogP contribution in [0.25, 0.3) is 0 Å². The van der Waals surface area contributed by atoms with E-state index in [1.165, 1.54) is 0 Å². The number of carbonyl (C=O) groups excluding carboxylic acids is 1. The van der Waals surface area contributed by atoms with E-state index in [0.29, 0.717) is 25.6 Å². The third-order valence-corrected chi connectivity index (χ3v) is 4.82. The maximum atomic E-state index is 12.4. The Morgan fingerprint density at radius 2 is 1.77 bits per heavy atom. The van der Waals surface area contributed by atoms with Crippen molar-refractivity contribution >= 4 is 5.91 Å². The summed E-state index contributed by atoms with van der Waals surface area (Å²) in [5, 5.41) is 9.20. The van der Waals surface area contributed by atoms with Gasteiger partial charge < -0.3 is 14.9 Å². The van der Waals surface area contributed by atoms with Gasteiger partial charge >= 0.3 is 6.18 Å². The SMILES string of the molecule is CC(=O)N(C1CCC1)C1CCCN(CC(O)C(F)(F)F)CC1. The molecule has 1 heterocycles. The van der Waals surface area contributed by atoms with Crippen LogP contribution in [0.15, 0.2) is 0 Å². The Bertz CT molecular complexity index is 385. The minimum Gasteiger partial charge on any atom is -0.382 e. The first-order valence-corrected chi connectivity index (χ1v) is 8.05. The van der Waals surface area contributed by atoms with Crippen LogP contribution in [0, 0.1) is 0 Å². The minimum absolute atomic E-state index is 0.0680.